The van der Waals surface area contributed by atoms with Gasteiger partial charge >= 0.3 is 18.3 Å². The average Bonchev–Trinajstić information content (AvgIpc) is 3.12. The summed E-state index contributed by atoms with van der Waals surface area (Å²) in [7, 11) is 0. The van der Waals surface area contributed by atoms with Crippen LogP contribution in [0.4, 0.5) is 42.2 Å². The van der Waals surface area contributed by atoms with Gasteiger partial charge in [0, 0.05) is 24.3 Å². The van der Waals surface area contributed by atoms with E-state index >= 15 is 0 Å². The van der Waals surface area contributed by atoms with Crippen LogP contribution in [-0.4, -0.2) is 33.1 Å². The van der Waals surface area contributed by atoms with Crippen LogP contribution in [0, 0.1) is 5.82 Å². The fourth-order valence-corrected chi connectivity index (χ4v) is 4.09. The minimum absolute atomic E-state index is 0.0671. The Morgan fingerprint density at radius 3 is 2.26 bits per heavy atom. The number of hydrogen-bond donors (Lipinski definition) is 1. The number of hydrogen-bond acceptors (Lipinski definition) is 3. The smallest absolute Gasteiger partial charge is 0.340 e. The van der Waals surface area contributed by atoms with E-state index in [1.54, 1.807) is 0 Å². The van der Waals surface area contributed by atoms with Crippen molar-refractivity contribution in [1.29, 1.82) is 0 Å². The van der Waals surface area contributed by atoms with Crippen molar-refractivity contribution in [1.82, 2.24) is 14.5 Å². The summed E-state index contributed by atoms with van der Waals surface area (Å²) in [5.41, 5.74) is -1.77. The number of benzene rings is 2. The van der Waals surface area contributed by atoms with Gasteiger partial charge in [-0.3, -0.25) is 4.79 Å². The lowest BCUT2D eigenvalue weighted by atomic mass is 9.99. The van der Waals surface area contributed by atoms with Crippen LogP contribution in [0.5, 0.6) is 0 Å². The van der Waals surface area contributed by atoms with Gasteiger partial charge in [-0.25, -0.2) is 9.37 Å². The van der Waals surface area contributed by atoms with Gasteiger partial charge in [0.1, 0.15) is 23.2 Å². The highest BCUT2D eigenvalue weighted by Gasteiger charge is 2.50. The van der Waals surface area contributed by atoms with Gasteiger partial charge in [-0.15, -0.1) is 0 Å². The Hall–Kier alpha value is -3.57. The number of nitrogens with one attached hydrogen (secondary N) is 1. The summed E-state index contributed by atoms with van der Waals surface area (Å²) < 4.78 is 94.3. The number of alkyl halides is 6. The van der Waals surface area contributed by atoms with Crippen molar-refractivity contribution in [2.45, 2.75) is 38.3 Å². The lowest BCUT2D eigenvalue weighted by molar-refractivity contribution is -0.192. The summed E-state index contributed by atoms with van der Waals surface area (Å²) in [6, 6.07) is 9.52. The predicted molar refractivity (Wildman–Crippen MR) is 113 cm³/mol. The van der Waals surface area contributed by atoms with E-state index < -0.39 is 35.2 Å². The Kier molecular flexibility index (Phi) is 5.81. The highest BCUT2D eigenvalue weighted by atomic mass is 19.4. The molecule has 2 aromatic carbocycles. The van der Waals surface area contributed by atoms with Gasteiger partial charge in [-0.2, -0.15) is 26.3 Å². The molecular formula is C23H19F7N4O. The molecule has 0 spiro atoms. The Bertz CT molecular complexity index is 1260. The minimum Gasteiger partial charge on any atom is -0.340 e. The Morgan fingerprint density at radius 2 is 1.66 bits per heavy atom. The number of anilines is 2. The molecule has 1 aromatic heterocycles. The maximum Gasteiger partial charge on any atom is 0.471 e. The van der Waals surface area contributed by atoms with Gasteiger partial charge in [-0.05, 0) is 56.3 Å². The molecule has 0 saturated carbocycles. The fourth-order valence-electron chi connectivity index (χ4n) is 4.09. The third kappa shape index (κ3) is 4.56. The molecule has 0 bridgehead atoms. The second kappa shape index (κ2) is 8.28. The van der Waals surface area contributed by atoms with Gasteiger partial charge in [0.2, 0.25) is 0 Å². The summed E-state index contributed by atoms with van der Waals surface area (Å²) >= 11 is 0. The van der Waals surface area contributed by atoms with Crippen LogP contribution in [0.3, 0.4) is 0 Å². The molecule has 0 aliphatic carbocycles. The van der Waals surface area contributed by atoms with E-state index in [0.29, 0.717) is 10.5 Å². The number of carbonyl (C=O) groups is 1. The van der Waals surface area contributed by atoms with Crippen LogP contribution in [0.2, 0.25) is 0 Å². The normalized spacial score (nSPS) is 15.6. The third-order valence-corrected chi connectivity index (χ3v) is 5.79. The predicted octanol–water partition coefficient (Wildman–Crippen LogP) is 6.09. The zero-order valence-corrected chi connectivity index (χ0v) is 18.4. The molecule has 12 heteroatoms. The van der Waals surface area contributed by atoms with E-state index in [1.165, 1.54) is 42.7 Å². The zero-order chi connectivity index (χ0) is 25.8. The third-order valence-electron chi connectivity index (χ3n) is 5.79. The molecule has 0 saturated heterocycles. The first-order valence-corrected chi connectivity index (χ1v) is 10.4. The van der Waals surface area contributed by atoms with Crippen molar-refractivity contribution in [2.75, 3.05) is 11.9 Å². The molecule has 4 rings (SSSR count). The summed E-state index contributed by atoms with van der Waals surface area (Å²) in [5, 5.41) is 2.90. The molecule has 1 aliphatic rings. The van der Waals surface area contributed by atoms with Crippen molar-refractivity contribution in [3.63, 3.8) is 0 Å². The molecule has 186 valence electrons. The largest absolute Gasteiger partial charge is 0.471 e. The molecule has 1 amide bonds. The van der Waals surface area contributed by atoms with Gasteiger partial charge < -0.3 is 14.8 Å². The minimum atomic E-state index is -5.09. The van der Waals surface area contributed by atoms with Gasteiger partial charge in [0.05, 0.1) is 11.1 Å². The van der Waals surface area contributed by atoms with E-state index in [0.717, 1.165) is 24.3 Å². The molecule has 0 radical (unpaired) electrons. The number of rotatable bonds is 3. The van der Waals surface area contributed by atoms with E-state index in [1.807, 2.05) is 0 Å². The summed E-state index contributed by atoms with van der Waals surface area (Å²) in [5.74, 6) is -2.26. The van der Waals surface area contributed by atoms with Crippen LogP contribution in [0.15, 0.2) is 48.5 Å². The Labute approximate surface area is 195 Å². The molecule has 1 aliphatic heterocycles. The second-order valence-electron chi connectivity index (χ2n) is 8.51. The van der Waals surface area contributed by atoms with E-state index in [2.05, 4.69) is 10.3 Å². The highest BCUT2D eigenvalue weighted by molar-refractivity contribution is 5.83. The monoisotopic (exact) mass is 500 g/mol. The first-order valence-electron chi connectivity index (χ1n) is 10.4. The number of halogens is 7. The molecule has 35 heavy (non-hydrogen) atoms. The molecule has 0 fully saturated rings. The quantitative estimate of drug-likeness (QED) is 0.443. The maximum absolute atomic E-state index is 13.5. The second-order valence-corrected chi connectivity index (χ2v) is 8.51. The molecule has 5 nitrogen and oxygen atoms in total. The van der Waals surface area contributed by atoms with Crippen molar-refractivity contribution < 1.29 is 35.5 Å². The van der Waals surface area contributed by atoms with Crippen LogP contribution >= 0.6 is 0 Å². The van der Waals surface area contributed by atoms with Crippen LogP contribution in [0.25, 0.3) is 11.3 Å². The van der Waals surface area contributed by atoms with Gasteiger partial charge in [0.25, 0.3) is 0 Å². The molecule has 0 unspecified atom stereocenters. The number of imidazole rings is 1. The standard InChI is InChI=1S/C23H19F7N4O/c1-21(2)19-32-17(13-6-8-15(24)9-7-13)18(31-16-5-3-4-14(12-16)22(25,26)27)33(19)10-11-34(21)20(35)23(28,29)30/h3-9,12,31H,10-11H2,1-2H3. The molecule has 3 aromatic rings. The first kappa shape index (κ1) is 24.6. The molecule has 1 N–H and O–H groups in total. The van der Waals surface area contributed by atoms with E-state index in [4.69, 9.17) is 0 Å². The first-order chi connectivity index (χ1) is 16.2. The summed E-state index contributed by atoms with van der Waals surface area (Å²) in [6.45, 7) is 2.39. The molecular weight excluding hydrogens is 481 g/mol. The Morgan fingerprint density at radius 1 is 1.00 bits per heavy atom. The number of amides is 1. The fraction of sp³-hybridized carbons (Fsp3) is 0.304. The summed E-state index contributed by atoms with van der Waals surface area (Å²) in [6.07, 6.45) is -9.68. The Balaban J connectivity index is 1.85. The van der Waals surface area contributed by atoms with Crippen LogP contribution in [0.1, 0.15) is 25.2 Å². The highest BCUT2D eigenvalue weighted by Crippen LogP contribution is 2.41. The van der Waals surface area contributed by atoms with Gasteiger partial charge in [0.15, 0.2) is 0 Å². The van der Waals surface area contributed by atoms with Crippen molar-refractivity contribution >= 4 is 17.4 Å². The lowest BCUT2D eigenvalue weighted by Gasteiger charge is -2.42. The van der Waals surface area contributed by atoms with Crippen molar-refractivity contribution in [3.05, 3.63) is 65.7 Å². The van der Waals surface area contributed by atoms with Crippen molar-refractivity contribution in [2.24, 2.45) is 0 Å². The number of aromatic nitrogens is 2. The SMILES string of the molecule is CC1(C)c2nc(-c3ccc(F)cc3)c(Nc3cccc(C(F)(F)F)c3)n2CCN1C(=O)C(F)(F)F. The number of carbonyl (C=O) groups excluding carboxylic acids is 1. The number of nitrogens with zero attached hydrogens (tertiary/aromatic N) is 3. The zero-order valence-electron chi connectivity index (χ0n) is 18.4. The lowest BCUT2D eigenvalue weighted by Crippen LogP contribution is -2.55. The summed E-state index contributed by atoms with van der Waals surface area (Å²) in [4.78, 5) is 17.2. The molecule has 2 heterocycles. The van der Waals surface area contributed by atoms with E-state index in [9.17, 15) is 35.5 Å². The van der Waals surface area contributed by atoms with Gasteiger partial charge in [-0.1, -0.05) is 6.07 Å². The van der Waals surface area contributed by atoms with Crippen molar-refractivity contribution in [3.8, 4) is 11.3 Å². The van der Waals surface area contributed by atoms with E-state index in [-0.39, 0.29) is 36.1 Å². The van der Waals surface area contributed by atoms with Crippen LogP contribution < -0.4 is 5.32 Å². The molecule has 0 atom stereocenters. The maximum atomic E-state index is 13.5. The number of fused-ring (bicyclic) bond motifs is 1. The average molecular weight is 500 g/mol. The topological polar surface area (TPSA) is 50.2 Å². The van der Waals surface area contributed by atoms with Crippen LogP contribution in [-0.2, 0) is 23.1 Å².